The molecular weight excluding hydrogens is 496 g/mol. The van der Waals surface area contributed by atoms with Gasteiger partial charge in [0.2, 0.25) is 11.9 Å². The van der Waals surface area contributed by atoms with Gasteiger partial charge in [0, 0.05) is 51.0 Å². The summed E-state index contributed by atoms with van der Waals surface area (Å²) in [7, 11) is 1.89. The number of ether oxygens (including phenoxy) is 1. The Kier molecular flexibility index (Phi) is 6.56. The number of nitrogens with zero attached hydrogens (tertiary/aromatic N) is 4. The molecule has 4 aromatic rings. The van der Waals surface area contributed by atoms with Gasteiger partial charge in [0.15, 0.2) is 0 Å². The van der Waals surface area contributed by atoms with Gasteiger partial charge in [0.05, 0.1) is 17.1 Å². The average molecular weight is 529 g/mol. The number of hydrogen-bond donors (Lipinski definition) is 3. The molecular formula is C29H32N6O4. The lowest BCUT2D eigenvalue weighted by Crippen LogP contribution is -2.29. The van der Waals surface area contributed by atoms with Crippen molar-refractivity contribution in [1.82, 2.24) is 19.1 Å². The predicted molar refractivity (Wildman–Crippen MR) is 149 cm³/mol. The zero-order valence-electron chi connectivity index (χ0n) is 22.1. The topological polar surface area (TPSA) is 123 Å². The van der Waals surface area contributed by atoms with Crippen molar-refractivity contribution in [2.24, 2.45) is 13.0 Å². The van der Waals surface area contributed by atoms with Gasteiger partial charge in [-0.3, -0.25) is 9.59 Å². The van der Waals surface area contributed by atoms with E-state index in [1.54, 1.807) is 22.9 Å². The molecule has 0 radical (unpaired) electrons. The molecule has 2 fully saturated rings. The van der Waals surface area contributed by atoms with E-state index in [1.165, 1.54) is 6.92 Å². The van der Waals surface area contributed by atoms with Crippen LogP contribution in [0.4, 0.5) is 17.5 Å². The second-order valence-electron chi connectivity index (χ2n) is 10.6. The zero-order valence-corrected chi connectivity index (χ0v) is 22.1. The normalized spacial score (nSPS) is 18.8. The minimum absolute atomic E-state index is 0.105. The number of rotatable bonds is 8. The number of aliphatic hydroxyl groups is 1. The van der Waals surface area contributed by atoms with E-state index in [0.29, 0.717) is 41.4 Å². The van der Waals surface area contributed by atoms with E-state index in [9.17, 15) is 14.7 Å². The Hall–Kier alpha value is -4.18. The first-order valence-corrected chi connectivity index (χ1v) is 13.4. The fraction of sp³-hybridized carbons (Fsp3) is 0.379. The maximum Gasteiger partial charge on any atom is 0.274 e. The maximum absolute atomic E-state index is 13.5. The molecule has 2 aliphatic carbocycles. The summed E-state index contributed by atoms with van der Waals surface area (Å²) in [6, 6.07) is 10.9. The van der Waals surface area contributed by atoms with Gasteiger partial charge in [0.1, 0.15) is 23.0 Å². The van der Waals surface area contributed by atoms with Crippen LogP contribution in [-0.2, 0) is 18.4 Å². The van der Waals surface area contributed by atoms with Crippen LogP contribution in [0.1, 0.15) is 50.5 Å². The second kappa shape index (κ2) is 10.2. The number of benzene rings is 1. The van der Waals surface area contributed by atoms with Crippen LogP contribution in [0.5, 0.6) is 11.5 Å². The smallest absolute Gasteiger partial charge is 0.274 e. The number of carbonyl (C=O) groups excluding carboxylic acids is 1. The minimum Gasteiger partial charge on any atom is -0.457 e. The largest absolute Gasteiger partial charge is 0.457 e. The molecule has 0 spiro atoms. The van der Waals surface area contributed by atoms with Crippen LogP contribution in [0.3, 0.4) is 0 Å². The van der Waals surface area contributed by atoms with Crippen molar-refractivity contribution in [1.29, 1.82) is 0 Å². The van der Waals surface area contributed by atoms with Crippen molar-refractivity contribution in [3.63, 3.8) is 0 Å². The summed E-state index contributed by atoms with van der Waals surface area (Å²) in [4.78, 5) is 33.7. The molecule has 0 saturated heterocycles. The van der Waals surface area contributed by atoms with Crippen LogP contribution < -0.4 is 20.9 Å². The predicted octanol–water partition coefficient (Wildman–Crippen LogP) is 4.66. The van der Waals surface area contributed by atoms with Gasteiger partial charge < -0.3 is 29.6 Å². The monoisotopic (exact) mass is 528 g/mol. The number of aliphatic hydroxyl groups excluding tert-OH is 1. The van der Waals surface area contributed by atoms with E-state index in [-0.39, 0.29) is 23.5 Å². The highest BCUT2D eigenvalue weighted by Crippen LogP contribution is 2.40. The van der Waals surface area contributed by atoms with Crippen LogP contribution in [-0.4, -0.2) is 36.2 Å². The van der Waals surface area contributed by atoms with Crippen LogP contribution in [0.15, 0.2) is 53.6 Å². The van der Waals surface area contributed by atoms with Crippen LogP contribution in [0, 0.1) is 5.92 Å². The molecule has 0 bridgehead atoms. The number of aryl methyl sites for hydroxylation is 1. The molecule has 1 amide bonds. The van der Waals surface area contributed by atoms with Crippen molar-refractivity contribution in [3.05, 3.63) is 64.7 Å². The van der Waals surface area contributed by atoms with Crippen LogP contribution in [0.2, 0.25) is 0 Å². The van der Waals surface area contributed by atoms with E-state index >= 15 is 0 Å². The van der Waals surface area contributed by atoms with Crippen molar-refractivity contribution >= 4 is 34.4 Å². The number of anilines is 3. The summed E-state index contributed by atoms with van der Waals surface area (Å²) < 4.78 is 9.69. The minimum atomic E-state index is -0.349. The standard InChI is InChI=1S/C29H32N6O4/c1-17(36)31-27-14-22(10-11-30-27)39-21-8-9-23-25(13-21)34(2)29(32-23)33-24-12-20(18-6-7-18)16-35(28(24)38)15-19-4-3-5-26(19)37/h8-14,16,18-19,26,37H,3-7,15H2,1-2H3,(H,32,33)(H,30,31,36). The third kappa shape index (κ3) is 5.37. The Balaban J connectivity index is 1.27. The van der Waals surface area contributed by atoms with E-state index < -0.39 is 0 Å². The Morgan fingerprint density at radius 3 is 2.69 bits per heavy atom. The Labute approximate surface area is 225 Å². The molecule has 2 unspecified atom stereocenters. The molecule has 39 heavy (non-hydrogen) atoms. The van der Waals surface area contributed by atoms with Gasteiger partial charge in [-0.25, -0.2) is 9.97 Å². The molecule has 2 atom stereocenters. The maximum atomic E-state index is 13.5. The molecule has 6 rings (SSSR count). The molecule has 202 valence electrons. The number of nitrogens with one attached hydrogen (secondary N) is 2. The Bertz CT molecular complexity index is 1610. The highest BCUT2D eigenvalue weighted by atomic mass is 16.5. The number of carbonyl (C=O) groups is 1. The first kappa shape index (κ1) is 25.1. The molecule has 0 aliphatic heterocycles. The van der Waals surface area contributed by atoms with E-state index in [4.69, 9.17) is 9.72 Å². The molecule has 2 saturated carbocycles. The quantitative estimate of drug-likeness (QED) is 0.304. The average Bonchev–Trinajstić information content (AvgIpc) is 3.61. The van der Waals surface area contributed by atoms with Gasteiger partial charge >= 0.3 is 0 Å². The number of fused-ring (bicyclic) bond motifs is 1. The fourth-order valence-corrected chi connectivity index (χ4v) is 5.33. The Morgan fingerprint density at radius 1 is 1.13 bits per heavy atom. The fourth-order valence-electron chi connectivity index (χ4n) is 5.33. The van der Waals surface area contributed by atoms with E-state index in [0.717, 1.165) is 48.7 Å². The lowest BCUT2D eigenvalue weighted by atomic mass is 10.1. The molecule has 3 heterocycles. The molecule has 3 aromatic heterocycles. The third-order valence-corrected chi connectivity index (χ3v) is 7.58. The van der Waals surface area contributed by atoms with Gasteiger partial charge in [-0.2, -0.15) is 0 Å². The number of aromatic nitrogens is 4. The first-order chi connectivity index (χ1) is 18.8. The third-order valence-electron chi connectivity index (χ3n) is 7.58. The van der Waals surface area contributed by atoms with Crippen molar-refractivity contribution in [2.75, 3.05) is 10.6 Å². The summed E-state index contributed by atoms with van der Waals surface area (Å²) in [5.74, 6) is 2.48. The summed E-state index contributed by atoms with van der Waals surface area (Å²) in [6.45, 7) is 1.95. The number of imidazole rings is 1. The molecule has 1 aromatic carbocycles. The summed E-state index contributed by atoms with van der Waals surface area (Å²) in [5, 5.41) is 16.3. The molecule has 3 N–H and O–H groups in total. The highest BCUT2D eigenvalue weighted by molar-refractivity contribution is 5.87. The number of pyridine rings is 2. The van der Waals surface area contributed by atoms with Crippen molar-refractivity contribution in [3.8, 4) is 11.5 Å². The van der Waals surface area contributed by atoms with Crippen molar-refractivity contribution < 1.29 is 14.6 Å². The summed E-state index contributed by atoms with van der Waals surface area (Å²) >= 11 is 0. The van der Waals surface area contributed by atoms with E-state index in [2.05, 4.69) is 15.6 Å². The number of amides is 1. The van der Waals surface area contributed by atoms with Gasteiger partial charge in [-0.15, -0.1) is 0 Å². The molecule has 2 aliphatic rings. The van der Waals surface area contributed by atoms with Crippen molar-refractivity contribution in [2.45, 2.75) is 57.6 Å². The SMILES string of the molecule is CC(=O)Nc1cc(Oc2ccc3nc(Nc4cc(C5CC5)cn(CC5CCCC5O)c4=O)n(C)c3c2)ccn1. The second-order valence-corrected chi connectivity index (χ2v) is 10.6. The lowest BCUT2D eigenvalue weighted by molar-refractivity contribution is -0.114. The Morgan fingerprint density at radius 2 is 1.95 bits per heavy atom. The van der Waals surface area contributed by atoms with Gasteiger partial charge in [-0.1, -0.05) is 6.42 Å². The highest BCUT2D eigenvalue weighted by Gasteiger charge is 2.29. The van der Waals surface area contributed by atoms with Crippen LogP contribution in [0.25, 0.3) is 11.0 Å². The summed E-state index contributed by atoms with van der Waals surface area (Å²) in [6.07, 6.45) is 8.19. The van der Waals surface area contributed by atoms with Gasteiger partial charge in [0.25, 0.3) is 5.56 Å². The van der Waals surface area contributed by atoms with E-state index in [1.807, 2.05) is 42.1 Å². The zero-order chi connectivity index (χ0) is 27.1. The molecule has 10 nitrogen and oxygen atoms in total. The summed E-state index contributed by atoms with van der Waals surface area (Å²) in [5.41, 5.74) is 3.12. The molecule has 10 heteroatoms. The first-order valence-electron chi connectivity index (χ1n) is 13.4. The lowest BCUT2D eigenvalue weighted by Gasteiger charge is -2.18. The van der Waals surface area contributed by atoms with Crippen LogP contribution >= 0.6 is 0 Å². The number of hydrogen-bond acceptors (Lipinski definition) is 7. The van der Waals surface area contributed by atoms with Gasteiger partial charge in [-0.05, 0) is 61.4 Å².